The van der Waals surface area contributed by atoms with Crippen molar-refractivity contribution in [1.29, 1.82) is 0 Å². The van der Waals surface area contributed by atoms with Gasteiger partial charge in [-0.25, -0.2) is 0 Å². The Morgan fingerprint density at radius 2 is 2.11 bits per heavy atom. The van der Waals surface area contributed by atoms with Crippen LogP contribution in [0.2, 0.25) is 0 Å². The van der Waals surface area contributed by atoms with Gasteiger partial charge in [0.2, 0.25) is 5.91 Å². The van der Waals surface area contributed by atoms with Gasteiger partial charge >= 0.3 is 0 Å². The van der Waals surface area contributed by atoms with Crippen LogP contribution in [0.25, 0.3) is 0 Å². The highest BCUT2D eigenvalue weighted by Gasteiger charge is 2.14. The Hall–Kier alpha value is -1.36. The van der Waals surface area contributed by atoms with Crippen molar-refractivity contribution < 1.29 is 9.90 Å². The van der Waals surface area contributed by atoms with Crippen LogP contribution < -0.4 is 0 Å². The van der Waals surface area contributed by atoms with E-state index < -0.39 is 0 Å². The van der Waals surface area contributed by atoms with Crippen molar-refractivity contribution in [2.24, 2.45) is 7.05 Å². The number of rotatable bonds is 6. The Bertz CT molecular complexity index is 413. The van der Waals surface area contributed by atoms with Crippen LogP contribution in [-0.4, -0.2) is 45.4 Å². The molecule has 1 heterocycles. The van der Waals surface area contributed by atoms with Crippen LogP contribution in [0.15, 0.2) is 0 Å². The number of hydrogen-bond donors (Lipinski definition) is 1. The lowest BCUT2D eigenvalue weighted by molar-refractivity contribution is -0.131. The van der Waals surface area contributed by atoms with Gasteiger partial charge in [-0.15, -0.1) is 0 Å². The van der Waals surface area contributed by atoms with Crippen molar-refractivity contribution in [2.45, 2.75) is 33.6 Å². The first-order valence-electron chi connectivity index (χ1n) is 6.39. The second-order valence-electron chi connectivity index (χ2n) is 4.47. The normalized spacial score (nSPS) is 10.7. The van der Waals surface area contributed by atoms with Gasteiger partial charge in [-0.05, 0) is 32.8 Å². The van der Waals surface area contributed by atoms with Gasteiger partial charge in [0.05, 0.1) is 12.3 Å². The third-order valence-corrected chi connectivity index (χ3v) is 3.35. The number of aliphatic hydroxyl groups is 1. The number of aliphatic hydroxyl groups excluding tert-OH is 1. The van der Waals surface area contributed by atoms with E-state index in [1.807, 2.05) is 32.5 Å². The number of amides is 1. The minimum Gasteiger partial charge on any atom is -0.395 e. The Morgan fingerprint density at radius 1 is 1.44 bits per heavy atom. The first-order chi connectivity index (χ1) is 8.51. The van der Waals surface area contributed by atoms with Gasteiger partial charge in [0, 0.05) is 32.3 Å². The van der Waals surface area contributed by atoms with E-state index in [0.29, 0.717) is 25.9 Å². The molecule has 0 aliphatic heterocycles. The summed E-state index contributed by atoms with van der Waals surface area (Å²) >= 11 is 0. The number of carbonyl (C=O) groups excluding carboxylic acids is 1. The van der Waals surface area contributed by atoms with Crippen molar-refractivity contribution in [3.05, 3.63) is 17.0 Å². The topological polar surface area (TPSA) is 58.4 Å². The smallest absolute Gasteiger partial charge is 0.222 e. The molecule has 1 aromatic rings. The second kappa shape index (κ2) is 6.54. The van der Waals surface area contributed by atoms with Gasteiger partial charge in [0.25, 0.3) is 0 Å². The highest BCUT2D eigenvalue weighted by molar-refractivity contribution is 5.76. The third kappa shape index (κ3) is 3.32. The predicted octanol–water partition coefficient (Wildman–Crippen LogP) is 0.810. The fourth-order valence-corrected chi connectivity index (χ4v) is 2.15. The molecule has 0 radical (unpaired) electrons. The Labute approximate surface area is 108 Å². The van der Waals surface area contributed by atoms with Crippen molar-refractivity contribution >= 4 is 5.91 Å². The maximum absolute atomic E-state index is 12.0. The number of nitrogens with zero attached hydrogens (tertiary/aromatic N) is 3. The van der Waals surface area contributed by atoms with E-state index in [1.54, 1.807) is 4.90 Å². The summed E-state index contributed by atoms with van der Waals surface area (Å²) in [5, 5.41) is 13.2. The number of hydrogen-bond acceptors (Lipinski definition) is 3. The van der Waals surface area contributed by atoms with E-state index in [0.717, 1.165) is 17.0 Å². The van der Waals surface area contributed by atoms with Crippen molar-refractivity contribution in [3.8, 4) is 0 Å². The molecule has 0 aliphatic carbocycles. The monoisotopic (exact) mass is 253 g/mol. The summed E-state index contributed by atoms with van der Waals surface area (Å²) in [5.41, 5.74) is 3.27. The van der Waals surface area contributed by atoms with E-state index in [2.05, 4.69) is 5.10 Å². The van der Waals surface area contributed by atoms with Crippen molar-refractivity contribution in [2.75, 3.05) is 19.7 Å². The molecule has 0 unspecified atom stereocenters. The summed E-state index contributed by atoms with van der Waals surface area (Å²) in [7, 11) is 1.91. The molecule has 5 heteroatoms. The van der Waals surface area contributed by atoms with Crippen LogP contribution in [-0.2, 0) is 18.3 Å². The average Bonchev–Trinajstić information content (AvgIpc) is 2.58. The van der Waals surface area contributed by atoms with Gasteiger partial charge in [-0.2, -0.15) is 5.10 Å². The molecule has 0 saturated carbocycles. The molecule has 18 heavy (non-hydrogen) atoms. The fourth-order valence-electron chi connectivity index (χ4n) is 2.15. The average molecular weight is 253 g/mol. The Kier molecular flexibility index (Phi) is 5.34. The number of aromatic nitrogens is 2. The molecule has 5 nitrogen and oxygen atoms in total. The summed E-state index contributed by atoms with van der Waals surface area (Å²) in [6, 6.07) is 0. The predicted molar refractivity (Wildman–Crippen MR) is 70.3 cm³/mol. The Balaban J connectivity index is 2.62. The highest BCUT2D eigenvalue weighted by Crippen LogP contribution is 2.14. The van der Waals surface area contributed by atoms with E-state index in [9.17, 15) is 4.79 Å². The summed E-state index contributed by atoms with van der Waals surface area (Å²) < 4.78 is 1.85. The molecule has 0 atom stereocenters. The molecule has 0 aliphatic rings. The quantitative estimate of drug-likeness (QED) is 0.816. The first kappa shape index (κ1) is 14.7. The molecule has 1 rings (SSSR count). The summed E-state index contributed by atoms with van der Waals surface area (Å²) in [4.78, 5) is 13.6. The second-order valence-corrected chi connectivity index (χ2v) is 4.47. The van der Waals surface area contributed by atoms with Gasteiger partial charge < -0.3 is 10.0 Å². The zero-order valence-electron chi connectivity index (χ0n) is 11.7. The van der Waals surface area contributed by atoms with Crippen LogP contribution in [0.5, 0.6) is 0 Å². The number of carbonyl (C=O) groups is 1. The fraction of sp³-hybridized carbons (Fsp3) is 0.692. The number of aryl methyl sites for hydroxylation is 2. The third-order valence-electron chi connectivity index (χ3n) is 3.35. The van der Waals surface area contributed by atoms with Gasteiger partial charge in [-0.3, -0.25) is 9.48 Å². The van der Waals surface area contributed by atoms with Gasteiger partial charge in [0.15, 0.2) is 0 Å². The lowest BCUT2D eigenvalue weighted by Gasteiger charge is -2.19. The zero-order chi connectivity index (χ0) is 13.7. The molecule has 0 fully saturated rings. The summed E-state index contributed by atoms with van der Waals surface area (Å²) in [6.07, 6.45) is 1.19. The Morgan fingerprint density at radius 3 is 2.56 bits per heavy atom. The van der Waals surface area contributed by atoms with Crippen LogP contribution in [0.4, 0.5) is 0 Å². The van der Waals surface area contributed by atoms with Crippen molar-refractivity contribution in [3.63, 3.8) is 0 Å². The maximum atomic E-state index is 12.0. The largest absolute Gasteiger partial charge is 0.395 e. The SMILES string of the molecule is CCN(CCO)C(=O)CCc1c(C)nn(C)c1C. The highest BCUT2D eigenvalue weighted by atomic mass is 16.3. The molecular formula is C13H23N3O2. The minimum absolute atomic E-state index is 0.0184. The van der Waals surface area contributed by atoms with E-state index in [1.165, 1.54) is 0 Å². The standard InChI is InChI=1S/C13H23N3O2/c1-5-16(8-9-17)13(18)7-6-12-10(2)14-15(4)11(12)3/h17H,5-9H2,1-4H3. The first-order valence-corrected chi connectivity index (χ1v) is 6.39. The van der Waals surface area contributed by atoms with Crippen LogP contribution in [0.3, 0.4) is 0 Å². The summed E-state index contributed by atoms with van der Waals surface area (Å²) in [5.74, 6) is 0.0919. The maximum Gasteiger partial charge on any atom is 0.222 e. The molecule has 1 amide bonds. The molecule has 1 N–H and O–H groups in total. The van der Waals surface area contributed by atoms with Crippen LogP contribution >= 0.6 is 0 Å². The van der Waals surface area contributed by atoms with E-state index in [4.69, 9.17) is 5.11 Å². The van der Waals surface area contributed by atoms with Crippen LogP contribution in [0.1, 0.15) is 30.3 Å². The van der Waals surface area contributed by atoms with E-state index >= 15 is 0 Å². The van der Waals surface area contributed by atoms with Gasteiger partial charge in [-0.1, -0.05) is 0 Å². The number of likely N-dealkylation sites (N-methyl/N-ethyl adjacent to an activating group) is 1. The molecule has 0 bridgehead atoms. The van der Waals surface area contributed by atoms with Gasteiger partial charge in [0.1, 0.15) is 0 Å². The molecule has 0 spiro atoms. The van der Waals surface area contributed by atoms with Crippen LogP contribution in [0, 0.1) is 13.8 Å². The zero-order valence-corrected chi connectivity index (χ0v) is 11.7. The molecule has 102 valence electrons. The summed E-state index contributed by atoms with van der Waals surface area (Å²) in [6.45, 7) is 6.99. The van der Waals surface area contributed by atoms with E-state index in [-0.39, 0.29) is 12.5 Å². The molecular weight excluding hydrogens is 230 g/mol. The molecule has 1 aromatic heterocycles. The molecule has 0 aromatic carbocycles. The molecule has 0 saturated heterocycles. The minimum atomic E-state index is 0.0184. The lowest BCUT2D eigenvalue weighted by atomic mass is 10.1. The van der Waals surface area contributed by atoms with Crippen molar-refractivity contribution in [1.82, 2.24) is 14.7 Å². The lowest BCUT2D eigenvalue weighted by Crippen LogP contribution is -2.33.